The molecule has 0 radical (unpaired) electrons. The Balaban J connectivity index is 0.000000215. The van der Waals surface area contributed by atoms with Crippen LogP contribution in [0.5, 0.6) is 0 Å². The van der Waals surface area contributed by atoms with Crippen molar-refractivity contribution < 1.29 is 71.8 Å². The average Bonchev–Trinajstić information content (AvgIpc) is 3.04. The van der Waals surface area contributed by atoms with E-state index in [4.69, 9.17) is 14.5 Å². The van der Waals surface area contributed by atoms with Crippen LogP contribution in [0.3, 0.4) is 0 Å². The van der Waals surface area contributed by atoms with Gasteiger partial charge < -0.3 is 20.1 Å². The van der Waals surface area contributed by atoms with Gasteiger partial charge >= 0.3 is 11.9 Å². The zero-order valence-corrected chi connectivity index (χ0v) is 50.4. The van der Waals surface area contributed by atoms with Gasteiger partial charge in [-0.25, -0.2) is 62.7 Å². The van der Waals surface area contributed by atoms with Crippen molar-refractivity contribution in [3.8, 4) is 0 Å². The molecule has 0 bridgehead atoms. The molecule has 4 atom stereocenters. The van der Waals surface area contributed by atoms with E-state index in [0.717, 1.165) is 6.26 Å². The number of Topliss-reactive ketones (excluding diaryl/α,β-unsaturated/α-hetero) is 2. The molecule has 5 aliphatic rings. The van der Waals surface area contributed by atoms with Crippen molar-refractivity contribution in [3.05, 3.63) is 124 Å². The summed E-state index contributed by atoms with van der Waals surface area (Å²) < 4.78 is 146. The standard InChI is InChI=1S/C27H28BrF3N4O5S2.C25H26BrF3N4O5S2/c1-2-40-26(37)22-21(12-35-14-27(30,31)11-16(35)10-17(36)13-42(38,39)18-4-5-18)33-24(25-32-7-8-41-25)34-23(22)19-6-3-15(29)9-20(19)28;1-3-38-24(35)20-19(11-33-13-25(28,29)10-15(33)9-16(34)12-40(2,36)37)31-22(23-30-6-7-39-23)32-21(20)17-5-4-14(27)8-18(17)26/h3,6-9,16,18,23H,2,4-5,10-14H2,1H3,(H,33,34);4-8,15,21H,3,9-13H2,1-2H3,(H,31,32)/t16?,23-;15?,21-/m00/s1. The summed E-state index contributed by atoms with van der Waals surface area (Å²) in [5.74, 6) is -11.0. The molecule has 2 aromatic carbocycles. The van der Waals surface area contributed by atoms with Crippen LogP contribution in [-0.4, -0.2) is 158 Å². The predicted molar refractivity (Wildman–Crippen MR) is 300 cm³/mol. The van der Waals surface area contributed by atoms with Crippen LogP contribution in [-0.2, 0) is 48.3 Å². The number of halogens is 8. The highest BCUT2D eigenvalue weighted by Crippen LogP contribution is 2.42. The Hall–Kier alpha value is -5.24. The van der Waals surface area contributed by atoms with E-state index in [9.17, 15) is 62.4 Å². The van der Waals surface area contributed by atoms with Crippen molar-refractivity contribution in [1.82, 2.24) is 30.4 Å². The first kappa shape index (κ1) is 62.8. The first-order valence-corrected chi connectivity index (χ1v) is 32.6. The lowest BCUT2D eigenvalue weighted by Crippen LogP contribution is -2.42. The highest BCUT2D eigenvalue weighted by molar-refractivity contribution is 9.10. The number of amidine groups is 2. The maximum absolute atomic E-state index is 14.8. The number of nitrogens with zero attached hydrogens (tertiary/aromatic N) is 6. The van der Waals surface area contributed by atoms with Gasteiger partial charge in [0.05, 0.1) is 42.7 Å². The smallest absolute Gasteiger partial charge is 0.338 e. The number of likely N-dealkylation sites (tertiary alicyclic amines) is 2. The van der Waals surface area contributed by atoms with Crippen LogP contribution in [0.15, 0.2) is 101 Å². The van der Waals surface area contributed by atoms with Crippen LogP contribution in [0, 0.1) is 11.6 Å². The molecule has 18 nitrogen and oxygen atoms in total. The van der Waals surface area contributed by atoms with Crippen molar-refractivity contribution in [3.63, 3.8) is 0 Å². The van der Waals surface area contributed by atoms with Crippen molar-refractivity contribution >= 4 is 109 Å². The number of hydrogen-bond donors (Lipinski definition) is 2. The van der Waals surface area contributed by atoms with E-state index in [0.29, 0.717) is 42.9 Å². The molecule has 2 aromatic heterocycles. The van der Waals surface area contributed by atoms with Gasteiger partial charge in [-0.05, 0) is 62.1 Å². The molecule has 82 heavy (non-hydrogen) atoms. The molecule has 30 heteroatoms. The highest BCUT2D eigenvalue weighted by Gasteiger charge is 2.49. The quantitative estimate of drug-likeness (QED) is 0.0596. The first-order chi connectivity index (χ1) is 38.6. The summed E-state index contributed by atoms with van der Waals surface area (Å²) in [7, 11) is -7.23. The molecule has 1 aliphatic carbocycles. The fraction of sp³-hybridized carbons (Fsp3) is 0.462. The number of nitrogens with one attached hydrogen (secondary N) is 2. The SMILES string of the molecule is CCOC(=O)C1=C(CN2CC(F)(F)CC2CC(=O)CS(=O)(=O)C2CC2)NC(c2nccs2)=N[C@H]1c1ccc(F)cc1Br.CCOC(=O)C1=C(CN2CC(F)(F)CC2CC(=O)CS(C)(=O)=O)NC(c2nccs2)=N[C@H]1c1ccc(F)cc1Br. The molecule has 2 N–H and O–H groups in total. The summed E-state index contributed by atoms with van der Waals surface area (Å²) in [6.45, 7) is 1.46. The van der Waals surface area contributed by atoms with Crippen molar-refractivity contribution in [1.29, 1.82) is 0 Å². The van der Waals surface area contributed by atoms with Crippen LogP contribution in [0.1, 0.15) is 85.6 Å². The molecule has 4 aliphatic heterocycles. The fourth-order valence-electron chi connectivity index (χ4n) is 9.95. The molecule has 2 unspecified atom stereocenters. The molecule has 2 saturated heterocycles. The number of rotatable bonds is 21. The number of ketones is 2. The number of aromatic nitrogens is 2. The number of carbonyl (C=O) groups excluding carboxylic acids is 4. The molecule has 442 valence electrons. The Morgan fingerprint density at radius 1 is 0.683 bits per heavy atom. The van der Waals surface area contributed by atoms with E-state index in [1.165, 1.54) is 68.9 Å². The van der Waals surface area contributed by atoms with Crippen LogP contribution >= 0.6 is 54.5 Å². The third-order valence-corrected chi connectivity index (χ3v) is 19.5. The molecule has 9 rings (SSSR count). The number of aliphatic imine (C=N–C) groups is 2. The van der Waals surface area contributed by atoms with E-state index in [1.807, 2.05) is 0 Å². The molecule has 4 aromatic rings. The lowest BCUT2D eigenvalue weighted by Gasteiger charge is -2.31. The zero-order valence-electron chi connectivity index (χ0n) is 44.0. The number of carbonyl (C=O) groups is 4. The Bertz CT molecular complexity index is 3460. The molecule has 0 amide bonds. The highest BCUT2D eigenvalue weighted by atomic mass is 79.9. The second-order valence-electron chi connectivity index (χ2n) is 20.0. The van der Waals surface area contributed by atoms with Crippen LogP contribution in [0.4, 0.5) is 26.3 Å². The third-order valence-electron chi connectivity index (χ3n) is 13.5. The summed E-state index contributed by atoms with van der Waals surface area (Å²) in [5.41, 5.74) is 1.38. The number of sulfone groups is 2. The van der Waals surface area contributed by atoms with Gasteiger partial charge in [-0.1, -0.05) is 44.0 Å². The Morgan fingerprint density at radius 3 is 1.45 bits per heavy atom. The largest absolute Gasteiger partial charge is 0.463 e. The second kappa shape index (κ2) is 25.9. The predicted octanol–water partition coefficient (Wildman–Crippen LogP) is 7.87. The Morgan fingerprint density at radius 2 is 1.10 bits per heavy atom. The minimum Gasteiger partial charge on any atom is -0.463 e. The van der Waals surface area contributed by atoms with E-state index in [2.05, 4.69) is 57.5 Å². The van der Waals surface area contributed by atoms with Gasteiger partial charge in [-0.15, -0.1) is 22.7 Å². The van der Waals surface area contributed by atoms with Gasteiger partial charge in [-0.3, -0.25) is 29.4 Å². The maximum atomic E-state index is 14.8. The average molecular weight is 1350 g/mol. The van der Waals surface area contributed by atoms with Gasteiger partial charge in [0.15, 0.2) is 41.4 Å². The van der Waals surface area contributed by atoms with Crippen molar-refractivity contribution in [2.45, 2.75) is 93.6 Å². The normalized spacial score (nSPS) is 21.9. The molecule has 3 fully saturated rings. The topological polar surface area (TPSA) is 236 Å². The van der Waals surface area contributed by atoms with Crippen LogP contribution in [0.2, 0.25) is 0 Å². The molecule has 1 saturated carbocycles. The fourth-order valence-corrected chi connectivity index (χ4v) is 14.6. The number of hydrogen-bond acceptors (Lipinski definition) is 20. The lowest BCUT2D eigenvalue weighted by molar-refractivity contribution is -0.139. The third kappa shape index (κ3) is 15.9. The first-order valence-electron chi connectivity index (χ1n) is 25.5. The number of ether oxygens (including phenoxy) is 2. The lowest BCUT2D eigenvalue weighted by atomic mass is 9.95. The van der Waals surface area contributed by atoms with E-state index in [-0.39, 0.29) is 66.9 Å². The number of thiazole rings is 2. The number of benzene rings is 2. The van der Waals surface area contributed by atoms with Crippen molar-refractivity contribution in [2.75, 3.05) is 57.2 Å². The summed E-state index contributed by atoms with van der Waals surface area (Å²) in [5, 5.41) is 10.0. The zero-order chi connectivity index (χ0) is 59.5. The van der Waals surface area contributed by atoms with Gasteiger partial charge in [-0.2, -0.15) is 0 Å². The summed E-state index contributed by atoms with van der Waals surface area (Å²) in [6, 6.07) is 3.90. The van der Waals surface area contributed by atoms with Crippen molar-refractivity contribution in [2.24, 2.45) is 9.98 Å². The van der Waals surface area contributed by atoms with Gasteiger partial charge in [0.2, 0.25) is 0 Å². The minimum atomic E-state index is -3.63. The molecular weight excluding hydrogens is 1300 g/mol. The minimum absolute atomic E-state index is 0.0282. The molecule has 6 heterocycles. The summed E-state index contributed by atoms with van der Waals surface area (Å²) in [4.78, 5) is 72.5. The maximum Gasteiger partial charge on any atom is 0.338 e. The summed E-state index contributed by atoms with van der Waals surface area (Å²) in [6.07, 6.45) is 2.99. The summed E-state index contributed by atoms with van der Waals surface area (Å²) >= 11 is 9.22. The van der Waals surface area contributed by atoms with Crippen LogP contribution in [0.25, 0.3) is 0 Å². The Labute approximate surface area is 493 Å². The van der Waals surface area contributed by atoms with Gasteiger partial charge in [0.25, 0.3) is 11.8 Å². The Kier molecular flexibility index (Phi) is 19.9. The van der Waals surface area contributed by atoms with Gasteiger partial charge in [0.1, 0.15) is 46.8 Å². The van der Waals surface area contributed by atoms with Gasteiger partial charge in [0, 0.05) is 101 Å². The van der Waals surface area contributed by atoms with Crippen LogP contribution < -0.4 is 10.6 Å². The van der Waals surface area contributed by atoms with E-state index >= 15 is 0 Å². The van der Waals surface area contributed by atoms with E-state index in [1.54, 1.807) is 37.0 Å². The number of alkyl halides is 4. The molecular formula is C52H54Br2F6N8O10S4. The van der Waals surface area contributed by atoms with E-state index < -0.39 is 140 Å². The molecule has 0 spiro atoms. The second-order valence-corrected chi connectivity index (χ2v) is 28.0. The monoisotopic (exact) mass is 1350 g/mol. The number of esters is 2.